The van der Waals surface area contributed by atoms with E-state index in [4.69, 9.17) is 0 Å². The third-order valence-electron chi connectivity index (χ3n) is 2.44. The van der Waals surface area contributed by atoms with Gasteiger partial charge in [0.2, 0.25) is 0 Å². The topological polar surface area (TPSA) is 29.5 Å². The summed E-state index contributed by atoms with van der Waals surface area (Å²) < 4.78 is 28.2. The molecule has 0 aromatic heterocycles. The molecule has 1 N–H and O–H groups in total. The van der Waals surface area contributed by atoms with Crippen molar-refractivity contribution in [3.05, 3.63) is 59.7 Å². The molecule has 0 bridgehead atoms. The smallest absolute Gasteiger partial charge is 0.387 e. The van der Waals surface area contributed by atoms with E-state index in [9.17, 15) is 13.9 Å². The molecule has 0 heterocycles. The first-order valence-corrected chi connectivity index (χ1v) is 5.65. The van der Waals surface area contributed by atoms with Gasteiger partial charge in [0, 0.05) is 0 Å². The fourth-order valence-electron chi connectivity index (χ4n) is 1.58. The molecule has 4 heteroatoms. The highest BCUT2D eigenvalue weighted by atomic mass is 19.3. The molecule has 0 radical (unpaired) electrons. The Hall–Kier alpha value is -2.36. The number of halogens is 2. The Balaban J connectivity index is 2.07. The Morgan fingerprint density at radius 2 is 1.63 bits per heavy atom. The van der Waals surface area contributed by atoms with Crippen LogP contribution in [0.4, 0.5) is 8.78 Å². The van der Waals surface area contributed by atoms with Crippen LogP contribution in [0.15, 0.2) is 48.5 Å². The summed E-state index contributed by atoms with van der Waals surface area (Å²) in [4.78, 5) is 0. The van der Waals surface area contributed by atoms with Crippen LogP contribution in [0.5, 0.6) is 11.5 Å². The summed E-state index contributed by atoms with van der Waals surface area (Å²) in [5.74, 6) is 0.326. The van der Waals surface area contributed by atoms with Crippen LogP contribution in [-0.4, -0.2) is 11.7 Å². The molecule has 98 valence electrons. The zero-order chi connectivity index (χ0) is 13.7. The quantitative estimate of drug-likeness (QED) is 0.838. The van der Waals surface area contributed by atoms with Crippen LogP contribution in [0.2, 0.25) is 0 Å². The highest BCUT2D eigenvalue weighted by molar-refractivity contribution is 5.70. The van der Waals surface area contributed by atoms with Gasteiger partial charge in [0.15, 0.2) is 0 Å². The number of phenols is 1. The molecule has 0 atom stereocenters. The van der Waals surface area contributed by atoms with Crippen LogP contribution in [0, 0.1) is 0 Å². The number of hydrogen-bond donors (Lipinski definition) is 1. The molecule has 0 aliphatic rings. The van der Waals surface area contributed by atoms with Gasteiger partial charge in [-0.1, -0.05) is 36.4 Å². The van der Waals surface area contributed by atoms with E-state index in [2.05, 4.69) is 4.74 Å². The molecule has 0 saturated heterocycles. The number of benzene rings is 2. The highest BCUT2D eigenvalue weighted by Crippen LogP contribution is 2.17. The monoisotopic (exact) mass is 262 g/mol. The van der Waals surface area contributed by atoms with Gasteiger partial charge in [0.1, 0.15) is 11.5 Å². The van der Waals surface area contributed by atoms with Crippen molar-refractivity contribution in [2.75, 3.05) is 0 Å². The highest BCUT2D eigenvalue weighted by Gasteiger charge is 2.02. The van der Waals surface area contributed by atoms with Gasteiger partial charge < -0.3 is 9.84 Å². The van der Waals surface area contributed by atoms with Gasteiger partial charge in [-0.15, -0.1) is 0 Å². The zero-order valence-corrected chi connectivity index (χ0v) is 9.96. The molecule has 2 aromatic rings. The van der Waals surface area contributed by atoms with Gasteiger partial charge in [-0.3, -0.25) is 0 Å². The number of phenolic OH excluding ortho intramolecular Hbond substituents is 1. The van der Waals surface area contributed by atoms with Crippen molar-refractivity contribution in [2.24, 2.45) is 0 Å². The minimum Gasteiger partial charge on any atom is -0.508 e. The fourth-order valence-corrected chi connectivity index (χ4v) is 1.58. The Labute approximate surface area is 109 Å². The molecule has 0 amide bonds. The van der Waals surface area contributed by atoms with Crippen molar-refractivity contribution in [1.82, 2.24) is 0 Å². The third-order valence-corrected chi connectivity index (χ3v) is 2.44. The van der Waals surface area contributed by atoms with Crippen molar-refractivity contribution in [3.8, 4) is 11.5 Å². The lowest BCUT2D eigenvalue weighted by Crippen LogP contribution is -2.01. The molecule has 0 spiro atoms. The standard InChI is InChI=1S/C15H12F2O2/c16-15(17)19-14-8-6-11(7-9-14)4-5-12-2-1-3-13(18)10-12/h1-10,15,18H/b5-4+. The Bertz CT molecular complexity index is 563. The second-order valence-corrected chi connectivity index (χ2v) is 3.88. The van der Waals surface area contributed by atoms with E-state index >= 15 is 0 Å². The summed E-state index contributed by atoms with van der Waals surface area (Å²) in [6.07, 6.45) is 3.64. The molecule has 2 aromatic carbocycles. The fraction of sp³-hybridized carbons (Fsp3) is 0.0667. The lowest BCUT2D eigenvalue weighted by atomic mass is 10.1. The van der Waals surface area contributed by atoms with Crippen LogP contribution >= 0.6 is 0 Å². The summed E-state index contributed by atoms with van der Waals surface area (Å²) in [6, 6.07) is 13.1. The minimum atomic E-state index is -2.81. The van der Waals surface area contributed by atoms with Gasteiger partial charge in [-0.05, 0) is 35.4 Å². The van der Waals surface area contributed by atoms with E-state index in [0.717, 1.165) is 11.1 Å². The molecule has 0 aliphatic carbocycles. The molecular formula is C15H12F2O2. The molecule has 0 unspecified atom stereocenters. The Kier molecular flexibility index (Phi) is 4.13. The van der Waals surface area contributed by atoms with Crippen molar-refractivity contribution in [2.45, 2.75) is 6.61 Å². The predicted octanol–water partition coefficient (Wildman–Crippen LogP) is 4.16. The van der Waals surface area contributed by atoms with Crippen LogP contribution in [0.3, 0.4) is 0 Å². The van der Waals surface area contributed by atoms with Gasteiger partial charge in [-0.2, -0.15) is 8.78 Å². The summed E-state index contributed by atoms with van der Waals surface area (Å²) in [7, 11) is 0. The predicted molar refractivity (Wildman–Crippen MR) is 70.1 cm³/mol. The van der Waals surface area contributed by atoms with Gasteiger partial charge >= 0.3 is 6.61 Å². The summed E-state index contributed by atoms with van der Waals surface area (Å²) >= 11 is 0. The van der Waals surface area contributed by atoms with E-state index in [0.29, 0.717) is 0 Å². The second kappa shape index (κ2) is 6.00. The van der Waals surface area contributed by atoms with Crippen LogP contribution in [0.1, 0.15) is 11.1 Å². The molecular weight excluding hydrogens is 250 g/mol. The number of aromatic hydroxyl groups is 1. The lowest BCUT2D eigenvalue weighted by Gasteiger charge is -2.03. The molecule has 2 rings (SSSR count). The summed E-state index contributed by atoms with van der Waals surface area (Å²) in [5, 5.41) is 9.31. The van der Waals surface area contributed by atoms with Crippen molar-refractivity contribution < 1.29 is 18.6 Å². The Morgan fingerprint density at radius 1 is 0.947 bits per heavy atom. The number of rotatable bonds is 4. The number of alkyl halides is 2. The van der Waals surface area contributed by atoms with E-state index < -0.39 is 6.61 Å². The van der Waals surface area contributed by atoms with Crippen LogP contribution in [0.25, 0.3) is 12.2 Å². The van der Waals surface area contributed by atoms with Crippen LogP contribution < -0.4 is 4.74 Å². The normalized spacial score (nSPS) is 11.1. The van der Waals surface area contributed by atoms with E-state index in [1.54, 1.807) is 30.3 Å². The summed E-state index contributed by atoms with van der Waals surface area (Å²) in [6.45, 7) is -2.81. The third kappa shape index (κ3) is 4.10. The maximum absolute atomic E-state index is 12.0. The summed E-state index contributed by atoms with van der Waals surface area (Å²) in [5.41, 5.74) is 1.71. The molecule has 19 heavy (non-hydrogen) atoms. The number of ether oxygens (including phenoxy) is 1. The van der Waals surface area contributed by atoms with E-state index in [1.165, 1.54) is 12.1 Å². The van der Waals surface area contributed by atoms with Crippen molar-refractivity contribution in [1.29, 1.82) is 0 Å². The van der Waals surface area contributed by atoms with Gasteiger partial charge in [0.25, 0.3) is 0 Å². The number of hydrogen-bond acceptors (Lipinski definition) is 2. The van der Waals surface area contributed by atoms with Gasteiger partial charge in [0.05, 0.1) is 0 Å². The minimum absolute atomic E-state index is 0.129. The Morgan fingerprint density at radius 3 is 2.26 bits per heavy atom. The maximum atomic E-state index is 12.0. The second-order valence-electron chi connectivity index (χ2n) is 3.88. The average molecular weight is 262 g/mol. The molecule has 2 nitrogen and oxygen atoms in total. The van der Waals surface area contributed by atoms with Crippen molar-refractivity contribution >= 4 is 12.2 Å². The zero-order valence-electron chi connectivity index (χ0n) is 9.96. The maximum Gasteiger partial charge on any atom is 0.387 e. The average Bonchev–Trinajstić information content (AvgIpc) is 2.37. The molecule has 0 fully saturated rings. The van der Waals surface area contributed by atoms with E-state index in [-0.39, 0.29) is 11.5 Å². The first-order valence-electron chi connectivity index (χ1n) is 5.65. The SMILES string of the molecule is Oc1cccc(/C=C/c2ccc(OC(F)F)cc2)c1. The van der Waals surface area contributed by atoms with Gasteiger partial charge in [-0.25, -0.2) is 0 Å². The molecule has 0 aliphatic heterocycles. The lowest BCUT2D eigenvalue weighted by molar-refractivity contribution is -0.0498. The van der Waals surface area contributed by atoms with Crippen molar-refractivity contribution in [3.63, 3.8) is 0 Å². The van der Waals surface area contributed by atoms with E-state index in [1.807, 2.05) is 18.2 Å². The first-order chi connectivity index (χ1) is 9.13. The van der Waals surface area contributed by atoms with Crippen LogP contribution in [-0.2, 0) is 0 Å². The first kappa shape index (κ1) is 13.1. The molecule has 0 saturated carbocycles. The largest absolute Gasteiger partial charge is 0.508 e.